The van der Waals surface area contributed by atoms with Crippen LogP contribution < -0.4 is 10.5 Å². The topological polar surface area (TPSA) is 35.2 Å². The molecule has 0 unspecified atom stereocenters. The number of benzene rings is 2. The maximum Gasteiger partial charge on any atom is 0.146 e. The number of halogens is 2. The first kappa shape index (κ1) is 13.6. The van der Waals surface area contributed by atoms with Gasteiger partial charge < -0.3 is 10.5 Å². The van der Waals surface area contributed by atoms with Crippen LogP contribution in [-0.4, -0.2) is 6.54 Å². The summed E-state index contributed by atoms with van der Waals surface area (Å²) in [6, 6.07) is 13.6. The largest absolute Gasteiger partial charge is 0.455 e. The highest BCUT2D eigenvalue weighted by atomic mass is 127. The first-order valence-corrected chi connectivity index (χ1v) is 7.07. The van der Waals surface area contributed by atoms with E-state index in [1.807, 2.05) is 42.5 Å². The Kier molecular flexibility index (Phi) is 4.86. The Bertz CT molecular complexity index is 545. The van der Waals surface area contributed by atoms with Crippen LogP contribution in [0, 0.1) is 3.57 Å². The Morgan fingerprint density at radius 2 is 1.89 bits per heavy atom. The molecule has 0 saturated heterocycles. The van der Waals surface area contributed by atoms with Gasteiger partial charge in [0, 0.05) is 0 Å². The van der Waals surface area contributed by atoms with Crippen molar-refractivity contribution in [2.75, 3.05) is 6.54 Å². The summed E-state index contributed by atoms with van der Waals surface area (Å²) >= 11 is 8.43. The van der Waals surface area contributed by atoms with Crippen LogP contribution >= 0.6 is 34.2 Å². The molecule has 0 radical (unpaired) electrons. The van der Waals surface area contributed by atoms with Crippen molar-refractivity contribution in [2.24, 2.45) is 5.73 Å². The first-order chi connectivity index (χ1) is 8.70. The Labute approximate surface area is 125 Å². The number of ether oxygens (including phenoxy) is 1. The molecule has 0 fully saturated rings. The van der Waals surface area contributed by atoms with Crippen molar-refractivity contribution in [3.8, 4) is 11.5 Å². The van der Waals surface area contributed by atoms with Gasteiger partial charge in [-0.15, -0.1) is 0 Å². The van der Waals surface area contributed by atoms with Crippen LogP contribution in [0.5, 0.6) is 11.5 Å². The molecule has 0 amide bonds. The van der Waals surface area contributed by atoms with E-state index in [1.54, 1.807) is 0 Å². The summed E-state index contributed by atoms with van der Waals surface area (Å²) in [4.78, 5) is 0. The number of hydrogen-bond donors (Lipinski definition) is 1. The first-order valence-electron chi connectivity index (χ1n) is 5.61. The van der Waals surface area contributed by atoms with Crippen molar-refractivity contribution in [1.29, 1.82) is 0 Å². The van der Waals surface area contributed by atoms with Crippen molar-refractivity contribution in [3.05, 3.63) is 56.6 Å². The average Bonchev–Trinajstić information content (AvgIpc) is 2.35. The van der Waals surface area contributed by atoms with E-state index in [0.717, 1.165) is 21.3 Å². The van der Waals surface area contributed by atoms with Crippen molar-refractivity contribution in [2.45, 2.75) is 6.42 Å². The third kappa shape index (κ3) is 3.37. The third-order valence-electron chi connectivity index (χ3n) is 2.49. The predicted molar refractivity (Wildman–Crippen MR) is 83.4 cm³/mol. The normalized spacial score (nSPS) is 10.4. The molecule has 4 heteroatoms. The average molecular weight is 374 g/mol. The van der Waals surface area contributed by atoms with Crippen molar-refractivity contribution in [3.63, 3.8) is 0 Å². The Morgan fingerprint density at radius 1 is 1.11 bits per heavy atom. The van der Waals surface area contributed by atoms with Gasteiger partial charge in [-0.2, -0.15) is 0 Å². The summed E-state index contributed by atoms with van der Waals surface area (Å²) < 4.78 is 6.86. The molecule has 0 aromatic heterocycles. The lowest BCUT2D eigenvalue weighted by atomic mass is 10.1. The molecule has 0 aliphatic heterocycles. The van der Waals surface area contributed by atoms with E-state index in [9.17, 15) is 0 Å². The van der Waals surface area contributed by atoms with Crippen LogP contribution in [-0.2, 0) is 6.42 Å². The predicted octanol–water partition coefficient (Wildman–Crippen LogP) is 4.24. The van der Waals surface area contributed by atoms with Gasteiger partial charge in [0.05, 0.1) is 8.59 Å². The van der Waals surface area contributed by atoms with Gasteiger partial charge in [-0.3, -0.25) is 0 Å². The van der Waals surface area contributed by atoms with Crippen LogP contribution in [0.1, 0.15) is 5.56 Å². The minimum absolute atomic E-state index is 0.612. The maximum absolute atomic E-state index is 6.20. The van der Waals surface area contributed by atoms with E-state index in [0.29, 0.717) is 17.3 Å². The molecule has 94 valence electrons. The quantitative estimate of drug-likeness (QED) is 0.814. The van der Waals surface area contributed by atoms with Gasteiger partial charge in [0.15, 0.2) is 0 Å². The minimum atomic E-state index is 0.612. The molecule has 0 aliphatic rings. The van der Waals surface area contributed by atoms with Gasteiger partial charge in [-0.05, 0) is 65.4 Å². The Morgan fingerprint density at radius 3 is 2.56 bits per heavy atom. The molecule has 2 rings (SSSR count). The minimum Gasteiger partial charge on any atom is -0.455 e. The molecule has 0 spiro atoms. The zero-order valence-corrected chi connectivity index (χ0v) is 12.6. The summed E-state index contributed by atoms with van der Waals surface area (Å²) in [5, 5.41) is 0.612. The lowest BCUT2D eigenvalue weighted by Crippen LogP contribution is -2.02. The van der Waals surface area contributed by atoms with Crippen LogP contribution in [0.25, 0.3) is 0 Å². The number of nitrogens with two attached hydrogens (primary N) is 1. The molecule has 0 bridgehead atoms. The monoisotopic (exact) mass is 373 g/mol. The van der Waals surface area contributed by atoms with Crippen LogP contribution in [0.15, 0.2) is 42.5 Å². The number of rotatable bonds is 4. The molecule has 0 heterocycles. The summed E-state index contributed by atoms with van der Waals surface area (Å²) in [5.74, 6) is 1.48. The van der Waals surface area contributed by atoms with Gasteiger partial charge in [0.25, 0.3) is 0 Å². The smallest absolute Gasteiger partial charge is 0.146 e. The second-order valence-corrected chi connectivity index (χ2v) is 5.41. The fourth-order valence-electron chi connectivity index (χ4n) is 1.60. The number of para-hydroxylation sites is 1. The molecule has 0 atom stereocenters. The summed E-state index contributed by atoms with van der Waals surface area (Å²) in [7, 11) is 0. The van der Waals surface area contributed by atoms with Crippen molar-refractivity contribution < 1.29 is 4.74 Å². The van der Waals surface area contributed by atoms with Crippen LogP contribution in [0.2, 0.25) is 5.02 Å². The van der Waals surface area contributed by atoms with Gasteiger partial charge in [-0.1, -0.05) is 29.8 Å². The van der Waals surface area contributed by atoms with Gasteiger partial charge in [0.1, 0.15) is 11.5 Å². The van der Waals surface area contributed by atoms with Gasteiger partial charge in [0.2, 0.25) is 0 Å². The lowest BCUT2D eigenvalue weighted by Gasteiger charge is -2.10. The standard InChI is InChI=1S/C14H13ClINO/c15-11-9-10(7-8-17)5-6-13(11)18-14-4-2-1-3-12(14)16/h1-6,9H,7-8,17H2. The molecule has 2 nitrogen and oxygen atoms in total. The molecule has 0 aliphatic carbocycles. The van der Waals surface area contributed by atoms with E-state index in [-0.39, 0.29) is 0 Å². The summed E-state index contributed by atoms with van der Waals surface area (Å²) in [6.45, 7) is 0.618. The van der Waals surface area contributed by atoms with E-state index in [2.05, 4.69) is 22.6 Å². The molecular weight excluding hydrogens is 361 g/mol. The third-order valence-corrected chi connectivity index (χ3v) is 3.67. The molecule has 2 N–H and O–H groups in total. The zero-order chi connectivity index (χ0) is 13.0. The SMILES string of the molecule is NCCc1ccc(Oc2ccccc2I)c(Cl)c1. The van der Waals surface area contributed by atoms with E-state index >= 15 is 0 Å². The number of hydrogen-bond acceptors (Lipinski definition) is 2. The zero-order valence-electron chi connectivity index (χ0n) is 9.70. The summed E-state index contributed by atoms with van der Waals surface area (Å²) in [5.41, 5.74) is 6.64. The second-order valence-electron chi connectivity index (χ2n) is 3.84. The highest BCUT2D eigenvalue weighted by Crippen LogP contribution is 2.32. The maximum atomic E-state index is 6.20. The fourth-order valence-corrected chi connectivity index (χ4v) is 2.33. The lowest BCUT2D eigenvalue weighted by molar-refractivity contribution is 0.479. The Balaban J connectivity index is 2.22. The van der Waals surface area contributed by atoms with Crippen molar-refractivity contribution in [1.82, 2.24) is 0 Å². The molecule has 2 aromatic carbocycles. The summed E-state index contributed by atoms with van der Waals surface area (Å²) in [6.07, 6.45) is 0.822. The molecule has 0 saturated carbocycles. The van der Waals surface area contributed by atoms with E-state index in [4.69, 9.17) is 22.1 Å². The Hall–Kier alpha value is -0.780. The van der Waals surface area contributed by atoms with Crippen LogP contribution in [0.4, 0.5) is 0 Å². The molecular formula is C14H13ClINO. The van der Waals surface area contributed by atoms with Gasteiger partial charge >= 0.3 is 0 Å². The highest BCUT2D eigenvalue weighted by molar-refractivity contribution is 14.1. The molecule has 2 aromatic rings. The van der Waals surface area contributed by atoms with Crippen molar-refractivity contribution >= 4 is 34.2 Å². The van der Waals surface area contributed by atoms with Crippen LogP contribution in [0.3, 0.4) is 0 Å². The second kappa shape index (κ2) is 6.41. The fraction of sp³-hybridized carbons (Fsp3) is 0.143. The van der Waals surface area contributed by atoms with E-state index < -0.39 is 0 Å². The van der Waals surface area contributed by atoms with E-state index in [1.165, 1.54) is 0 Å². The van der Waals surface area contributed by atoms with Gasteiger partial charge in [-0.25, -0.2) is 0 Å². The molecule has 18 heavy (non-hydrogen) atoms. The highest BCUT2D eigenvalue weighted by Gasteiger charge is 2.06.